The van der Waals surface area contributed by atoms with E-state index in [9.17, 15) is 4.79 Å². The monoisotopic (exact) mass is 253 g/mol. The van der Waals surface area contributed by atoms with Gasteiger partial charge >= 0.3 is 0 Å². The Hall–Kier alpha value is -1.50. The highest BCUT2D eigenvalue weighted by Gasteiger charge is 2.08. The maximum atomic E-state index is 11.5. The van der Waals surface area contributed by atoms with Crippen LogP contribution in [-0.2, 0) is 11.2 Å². The van der Waals surface area contributed by atoms with Gasteiger partial charge in [-0.05, 0) is 5.92 Å². The molecule has 0 aliphatic rings. The van der Waals surface area contributed by atoms with Crippen molar-refractivity contribution in [1.82, 2.24) is 25.1 Å². The normalized spacial score (nSPS) is 11.2. The summed E-state index contributed by atoms with van der Waals surface area (Å²) in [5.41, 5.74) is 0. The molecule has 0 radical (unpaired) electrons. The van der Waals surface area contributed by atoms with Crippen LogP contribution in [-0.4, -0.2) is 32.3 Å². The minimum atomic E-state index is 0.0738. The summed E-state index contributed by atoms with van der Waals surface area (Å²) >= 11 is 1.47. The minimum Gasteiger partial charge on any atom is -0.356 e. The van der Waals surface area contributed by atoms with Gasteiger partial charge < -0.3 is 5.32 Å². The Labute approximate surface area is 103 Å². The van der Waals surface area contributed by atoms with E-state index in [1.165, 1.54) is 11.3 Å². The molecule has 1 amide bonds. The number of carbonyl (C=O) groups is 1. The molecule has 0 spiro atoms. The minimum absolute atomic E-state index is 0.0738. The molecule has 0 unspecified atom stereocenters. The number of nitrogens with one attached hydrogen (secondary N) is 1. The highest BCUT2D eigenvalue weighted by atomic mass is 32.1. The van der Waals surface area contributed by atoms with Gasteiger partial charge in [-0.3, -0.25) is 4.79 Å². The second-order valence-electron chi connectivity index (χ2n) is 4.25. The van der Waals surface area contributed by atoms with Crippen LogP contribution < -0.4 is 5.32 Å². The van der Waals surface area contributed by atoms with E-state index in [2.05, 4.69) is 34.5 Å². The summed E-state index contributed by atoms with van der Waals surface area (Å²) in [6.07, 6.45) is 2.68. The number of nitrogens with zero attached hydrogens (tertiary/aromatic N) is 4. The number of rotatable bonds is 5. The van der Waals surface area contributed by atoms with Crippen molar-refractivity contribution in [3.8, 4) is 0 Å². The fourth-order valence-electron chi connectivity index (χ4n) is 1.33. The highest BCUT2D eigenvalue weighted by molar-refractivity contribution is 7.16. The SMILES string of the molecule is CC(C)CNC(=O)CCc1nn2cnnc2s1. The molecule has 6 nitrogen and oxygen atoms in total. The summed E-state index contributed by atoms with van der Waals surface area (Å²) in [6, 6.07) is 0. The third kappa shape index (κ3) is 3.23. The Balaban J connectivity index is 1.82. The zero-order valence-corrected chi connectivity index (χ0v) is 10.7. The van der Waals surface area contributed by atoms with Crippen LogP contribution >= 0.6 is 11.3 Å². The van der Waals surface area contributed by atoms with Crippen LogP contribution in [0.25, 0.3) is 4.96 Å². The molecule has 0 aliphatic carbocycles. The van der Waals surface area contributed by atoms with Crippen molar-refractivity contribution in [2.24, 2.45) is 5.92 Å². The Kier molecular flexibility index (Phi) is 3.68. The second kappa shape index (κ2) is 5.22. The van der Waals surface area contributed by atoms with E-state index >= 15 is 0 Å². The van der Waals surface area contributed by atoms with Crippen LogP contribution in [0.3, 0.4) is 0 Å². The molecule has 7 heteroatoms. The molecule has 0 aromatic carbocycles. The van der Waals surface area contributed by atoms with Crippen molar-refractivity contribution in [3.05, 3.63) is 11.3 Å². The van der Waals surface area contributed by atoms with Crippen LogP contribution in [0, 0.1) is 5.92 Å². The van der Waals surface area contributed by atoms with Crippen LogP contribution in [0.1, 0.15) is 25.3 Å². The molecule has 92 valence electrons. The summed E-state index contributed by atoms with van der Waals surface area (Å²) in [6.45, 7) is 4.87. The first-order valence-corrected chi connectivity index (χ1v) is 6.39. The average Bonchev–Trinajstić information content (AvgIpc) is 2.83. The van der Waals surface area contributed by atoms with Crippen LogP contribution in [0.2, 0.25) is 0 Å². The lowest BCUT2D eigenvalue weighted by atomic mass is 10.2. The highest BCUT2D eigenvalue weighted by Crippen LogP contribution is 2.13. The van der Waals surface area contributed by atoms with Gasteiger partial charge in [0, 0.05) is 19.4 Å². The van der Waals surface area contributed by atoms with E-state index in [0.717, 1.165) is 16.5 Å². The van der Waals surface area contributed by atoms with E-state index in [1.54, 1.807) is 10.8 Å². The van der Waals surface area contributed by atoms with Crippen LogP contribution in [0.5, 0.6) is 0 Å². The standard InChI is InChI=1S/C10H15N5OS/c1-7(2)5-11-8(16)3-4-9-14-15-6-12-13-10(15)17-9/h6-7H,3-5H2,1-2H3,(H,11,16). The van der Waals surface area contributed by atoms with Crippen molar-refractivity contribution in [1.29, 1.82) is 0 Å². The Morgan fingerprint density at radius 2 is 2.41 bits per heavy atom. The number of aryl methyl sites for hydroxylation is 1. The fraction of sp³-hybridized carbons (Fsp3) is 0.600. The van der Waals surface area contributed by atoms with Gasteiger partial charge in [0.25, 0.3) is 0 Å². The molecule has 0 fully saturated rings. The first-order valence-electron chi connectivity index (χ1n) is 5.57. The molecular formula is C10H15N5OS. The summed E-state index contributed by atoms with van der Waals surface area (Å²) in [7, 11) is 0. The first kappa shape index (κ1) is 12.0. The van der Waals surface area contributed by atoms with Gasteiger partial charge in [-0.15, -0.1) is 10.2 Å². The van der Waals surface area contributed by atoms with Gasteiger partial charge in [-0.25, -0.2) is 0 Å². The molecule has 2 aromatic heterocycles. The van der Waals surface area contributed by atoms with Gasteiger partial charge in [0.2, 0.25) is 10.9 Å². The van der Waals surface area contributed by atoms with Crippen LogP contribution in [0.15, 0.2) is 6.33 Å². The van der Waals surface area contributed by atoms with Crippen molar-refractivity contribution in [2.75, 3.05) is 6.54 Å². The number of hydrogen-bond donors (Lipinski definition) is 1. The molecule has 0 bridgehead atoms. The topological polar surface area (TPSA) is 72.2 Å². The molecule has 2 aromatic rings. The van der Waals surface area contributed by atoms with E-state index in [1.807, 2.05) is 0 Å². The van der Waals surface area contributed by atoms with Gasteiger partial charge in [0.15, 0.2) is 0 Å². The number of aromatic nitrogens is 4. The van der Waals surface area contributed by atoms with Crippen molar-refractivity contribution in [2.45, 2.75) is 26.7 Å². The Morgan fingerprint density at radius 1 is 1.59 bits per heavy atom. The zero-order chi connectivity index (χ0) is 12.3. The number of hydrogen-bond acceptors (Lipinski definition) is 5. The van der Waals surface area contributed by atoms with Crippen molar-refractivity contribution < 1.29 is 4.79 Å². The van der Waals surface area contributed by atoms with E-state index in [4.69, 9.17) is 0 Å². The zero-order valence-electron chi connectivity index (χ0n) is 9.88. The van der Waals surface area contributed by atoms with E-state index in [-0.39, 0.29) is 5.91 Å². The van der Waals surface area contributed by atoms with Crippen molar-refractivity contribution in [3.63, 3.8) is 0 Å². The smallest absolute Gasteiger partial charge is 0.234 e. The fourth-order valence-corrected chi connectivity index (χ4v) is 2.14. The van der Waals surface area contributed by atoms with Gasteiger partial charge in [0.05, 0.1) is 0 Å². The molecule has 0 aliphatic heterocycles. The summed E-state index contributed by atoms with van der Waals surface area (Å²) in [5, 5.41) is 15.7. The van der Waals surface area contributed by atoms with E-state index < -0.39 is 0 Å². The van der Waals surface area contributed by atoms with Crippen molar-refractivity contribution >= 4 is 22.2 Å². The quantitative estimate of drug-likeness (QED) is 0.859. The number of carbonyl (C=O) groups excluding carboxylic acids is 1. The third-order valence-corrected chi connectivity index (χ3v) is 3.17. The molecule has 2 heterocycles. The lowest BCUT2D eigenvalue weighted by Gasteiger charge is -2.06. The molecule has 2 rings (SSSR count). The molecular weight excluding hydrogens is 238 g/mol. The largest absolute Gasteiger partial charge is 0.356 e. The molecule has 0 saturated heterocycles. The van der Waals surface area contributed by atoms with Gasteiger partial charge in [-0.1, -0.05) is 25.2 Å². The lowest BCUT2D eigenvalue weighted by molar-refractivity contribution is -0.121. The third-order valence-electron chi connectivity index (χ3n) is 2.20. The summed E-state index contributed by atoms with van der Waals surface area (Å²) < 4.78 is 1.63. The van der Waals surface area contributed by atoms with Gasteiger partial charge in [-0.2, -0.15) is 9.61 Å². The first-order chi connectivity index (χ1) is 8.15. The maximum Gasteiger partial charge on any atom is 0.234 e. The number of amides is 1. The predicted octanol–water partition coefficient (Wildman–Crippen LogP) is 0.891. The molecule has 0 saturated carbocycles. The Bertz CT molecular complexity index is 475. The lowest BCUT2D eigenvalue weighted by Crippen LogP contribution is -2.27. The van der Waals surface area contributed by atoms with Crippen LogP contribution in [0.4, 0.5) is 0 Å². The number of fused-ring (bicyclic) bond motifs is 1. The maximum absolute atomic E-state index is 11.5. The molecule has 0 atom stereocenters. The predicted molar refractivity (Wildman–Crippen MR) is 64.8 cm³/mol. The second-order valence-corrected chi connectivity index (χ2v) is 5.29. The van der Waals surface area contributed by atoms with E-state index in [0.29, 0.717) is 18.8 Å². The molecule has 1 N–H and O–H groups in total. The summed E-state index contributed by atoms with van der Waals surface area (Å²) in [5.74, 6) is 0.554. The summed E-state index contributed by atoms with van der Waals surface area (Å²) in [4.78, 5) is 12.3. The Morgan fingerprint density at radius 3 is 3.12 bits per heavy atom. The average molecular weight is 253 g/mol. The molecule has 17 heavy (non-hydrogen) atoms. The van der Waals surface area contributed by atoms with Gasteiger partial charge in [0.1, 0.15) is 11.3 Å².